The molecule has 0 heterocycles. The van der Waals surface area contributed by atoms with E-state index < -0.39 is 0 Å². The Morgan fingerprint density at radius 3 is 2.62 bits per heavy atom. The largest absolute Gasteiger partial charge is 0.0996 e. The van der Waals surface area contributed by atoms with E-state index >= 15 is 0 Å². The normalized spacial score (nSPS) is 21.8. The summed E-state index contributed by atoms with van der Waals surface area (Å²) in [6.45, 7) is 4.24. The maximum absolute atomic E-state index is 5.89. The average Bonchev–Trinajstić information content (AvgIpc) is 2.48. The highest BCUT2D eigenvalue weighted by Gasteiger charge is 2.16. The quantitative estimate of drug-likeness (QED) is 0.498. The Hall–Kier alpha value is -0.750. The molecule has 0 amide bonds. The van der Waals surface area contributed by atoms with Crippen molar-refractivity contribution in [2.24, 2.45) is 5.92 Å². The standard InChI is InChI=1S/C15H19Cl/c1-12-5-3-2-4-6-14(12)11-13-7-9-15(16)10-8-13/h7-10,14H,1-6,11H2. The van der Waals surface area contributed by atoms with Crippen LogP contribution in [0.15, 0.2) is 36.4 Å². The number of hydrogen-bond acceptors (Lipinski definition) is 0. The van der Waals surface area contributed by atoms with E-state index in [0.29, 0.717) is 5.92 Å². The maximum Gasteiger partial charge on any atom is 0.0406 e. The van der Waals surface area contributed by atoms with Crippen molar-refractivity contribution in [3.05, 3.63) is 47.0 Å². The van der Waals surface area contributed by atoms with Crippen LogP contribution >= 0.6 is 11.6 Å². The van der Waals surface area contributed by atoms with Crippen LogP contribution < -0.4 is 0 Å². The van der Waals surface area contributed by atoms with Gasteiger partial charge in [-0.1, -0.05) is 48.7 Å². The molecule has 0 bridgehead atoms. The fourth-order valence-corrected chi connectivity index (χ4v) is 2.61. The number of rotatable bonds is 2. The Balaban J connectivity index is 2.02. The van der Waals surface area contributed by atoms with Crippen molar-refractivity contribution in [3.63, 3.8) is 0 Å². The van der Waals surface area contributed by atoms with Crippen LogP contribution in [0.1, 0.15) is 37.7 Å². The van der Waals surface area contributed by atoms with Crippen molar-refractivity contribution >= 4 is 11.6 Å². The molecule has 0 spiro atoms. The van der Waals surface area contributed by atoms with Crippen LogP contribution in [-0.2, 0) is 6.42 Å². The smallest absolute Gasteiger partial charge is 0.0406 e. The van der Waals surface area contributed by atoms with Gasteiger partial charge >= 0.3 is 0 Å². The molecule has 0 N–H and O–H groups in total. The molecule has 1 aliphatic carbocycles. The van der Waals surface area contributed by atoms with Crippen molar-refractivity contribution < 1.29 is 0 Å². The van der Waals surface area contributed by atoms with Crippen LogP contribution in [0.3, 0.4) is 0 Å². The van der Waals surface area contributed by atoms with Gasteiger partial charge in [0.2, 0.25) is 0 Å². The molecule has 0 radical (unpaired) electrons. The summed E-state index contributed by atoms with van der Waals surface area (Å²) in [6, 6.07) is 8.24. The Morgan fingerprint density at radius 1 is 1.12 bits per heavy atom. The van der Waals surface area contributed by atoms with Gasteiger partial charge in [0, 0.05) is 5.02 Å². The summed E-state index contributed by atoms with van der Waals surface area (Å²) in [5, 5.41) is 0.823. The van der Waals surface area contributed by atoms with Crippen molar-refractivity contribution in [2.45, 2.75) is 38.5 Å². The molecule has 1 saturated carbocycles. The molecule has 1 heteroatoms. The zero-order chi connectivity index (χ0) is 11.4. The SMILES string of the molecule is C=C1CCCCCC1Cc1ccc(Cl)cc1. The van der Waals surface area contributed by atoms with Crippen LogP contribution in [0, 0.1) is 5.92 Å². The first-order valence-corrected chi connectivity index (χ1v) is 6.55. The summed E-state index contributed by atoms with van der Waals surface area (Å²) in [6.07, 6.45) is 7.72. The summed E-state index contributed by atoms with van der Waals surface area (Å²) in [4.78, 5) is 0. The van der Waals surface area contributed by atoms with Gasteiger partial charge in [0.25, 0.3) is 0 Å². The van der Waals surface area contributed by atoms with Gasteiger partial charge in [0.1, 0.15) is 0 Å². The van der Waals surface area contributed by atoms with Gasteiger partial charge in [-0.05, 0) is 49.3 Å². The lowest BCUT2D eigenvalue weighted by Crippen LogP contribution is -2.05. The Morgan fingerprint density at radius 2 is 1.88 bits per heavy atom. The molecule has 0 aliphatic heterocycles. The van der Waals surface area contributed by atoms with Crippen LogP contribution in [0.25, 0.3) is 0 Å². The predicted molar refractivity (Wildman–Crippen MR) is 70.9 cm³/mol. The monoisotopic (exact) mass is 234 g/mol. The van der Waals surface area contributed by atoms with Gasteiger partial charge in [-0.3, -0.25) is 0 Å². The van der Waals surface area contributed by atoms with Crippen molar-refractivity contribution in [2.75, 3.05) is 0 Å². The first-order valence-electron chi connectivity index (χ1n) is 6.18. The average molecular weight is 235 g/mol. The topological polar surface area (TPSA) is 0 Å². The predicted octanol–water partition coefficient (Wildman–Crippen LogP) is 5.02. The molecule has 0 saturated heterocycles. The van der Waals surface area contributed by atoms with Gasteiger partial charge in [-0.25, -0.2) is 0 Å². The molecular weight excluding hydrogens is 216 g/mol. The van der Waals surface area contributed by atoms with Gasteiger partial charge in [0.05, 0.1) is 0 Å². The highest BCUT2D eigenvalue weighted by Crippen LogP contribution is 2.29. The van der Waals surface area contributed by atoms with Crippen LogP contribution in [0.2, 0.25) is 5.02 Å². The van der Waals surface area contributed by atoms with Gasteiger partial charge in [0.15, 0.2) is 0 Å². The zero-order valence-electron chi connectivity index (χ0n) is 9.71. The third kappa shape index (κ3) is 3.12. The van der Waals surface area contributed by atoms with Crippen molar-refractivity contribution in [1.82, 2.24) is 0 Å². The summed E-state index contributed by atoms with van der Waals surface area (Å²) in [7, 11) is 0. The minimum atomic E-state index is 0.684. The van der Waals surface area contributed by atoms with E-state index in [0.717, 1.165) is 11.4 Å². The lowest BCUT2D eigenvalue weighted by atomic mass is 9.89. The van der Waals surface area contributed by atoms with Crippen LogP contribution in [0.5, 0.6) is 0 Å². The molecule has 1 atom stereocenters. The molecule has 1 fully saturated rings. The second-order valence-electron chi connectivity index (χ2n) is 4.79. The third-order valence-electron chi connectivity index (χ3n) is 3.52. The van der Waals surface area contributed by atoms with E-state index in [1.54, 1.807) is 0 Å². The first kappa shape index (κ1) is 11.7. The fraction of sp³-hybridized carbons (Fsp3) is 0.467. The van der Waals surface area contributed by atoms with E-state index in [1.165, 1.54) is 43.2 Å². The summed E-state index contributed by atoms with van der Waals surface area (Å²) in [5.41, 5.74) is 2.84. The van der Waals surface area contributed by atoms with Crippen molar-refractivity contribution in [3.8, 4) is 0 Å². The van der Waals surface area contributed by atoms with E-state index in [1.807, 2.05) is 12.1 Å². The fourth-order valence-electron chi connectivity index (χ4n) is 2.48. The molecule has 0 aromatic heterocycles. The van der Waals surface area contributed by atoms with E-state index in [4.69, 9.17) is 11.6 Å². The maximum atomic E-state index is 5.89. The molecule has 1 aromatic rings. The second-order valence-corrected chi connectivity index (χ2v) is 5.22. The molecule has 1 aromatic carbocycles. The minimum Gasteiger partial charge on any atom is -0.0996 e. The molecule has 0 nitrogen and oxygen atoms in total. The van der Waals surface area contributed by atoms with Gasteiger partial charge < -0.3 is 0 Å². The molecular formula is C15H19Cl. The minimum absolute atomic E-state index is 0.684. The number of allylic oxidation sites excluding steroid dienone is 1. The van der Waals surface area contributed by atoms with E-state index in [-0.39, 0.29) is 0 Å². The highest BCUT2D eigenvalue weighted by molar-refractivity contribution is 6.30. The lowest BCUT2D eigenvalue weighted by molar-refractivity contribution is 0.547. The first-order chi connectivity index (χ1) is 7.75. The summed E-state index contributed by atoms with van der Waals surface area (Å²) < 4.78 is 0. The number of benzene rings is 1. The zero-order valence-corrected chi connectivity index (χ0v) is 10.5. The number of hydrogen-bond donors (Lipinski definition) is 0. The van der Waals surface area contributed by atoms with Crippen molar-refractivity contribution in [1.29, 1.82) is 0 Å². The molecule has 2 rings (SSSR count). The Kier molecular flexibility index (Phi) is 4.06. The van der Waals surface area contributed by atoms with E-state index in [2.05, 4.69) is 18.7 Å². The van der Waals surface area contributed by atoms with Crippen LogP contribution in [0.4, 0.5) is 0 Å². The van der Waals surface area contributed by atoms with E-state index in [9.17, 15) is 0 Å². The van der Waals surface area contributed by atoms with Gasteiger partial charge in [-0.15, -0.1) is 0 Å². The number of halogens is 1. The van der Waals surface area contributed by atoms with Crippen LogP contribution in [-0.4, -0.2) is 0 Å². The molecule has 16 heavy (non-hydrogen) atoms. The molecule has 1 unspecified atom stereocenters. The highest BCUT2D eigenvalue weighted by atomic mass is 35.5. The summed E-state index contributed by atoms with van der Waals surface area (Å²) in [5.74, 6) is 0.684. The Labute approximate surface area is 103 Å². The second kappa shape index (κ2) is 5.54. The summed E-state index contributed by atoms with van der Waals surface area (Å²) >= 11 is 5.89. The lowest BCUT2D eigenvalue weighted by Gasteiger charge is -2.16. The third-order valence-corrected chi connectivity index (χ3v) is 3.78. The Bertz CT molecular complexity index is 350. The van der Waals surface area contributed by atoms with Gasteiger partial charge in [-0.2, -0.15) is 0 Å². The molecule has 86 valence electrons. The molecule has 1 aliphatic rings.